The number of carbonyl (C=O) groups is 2. The first-order valence-corrected chi connectivity index (χ1v) is 11.6. The Hall–Kier alpha value is -3.34. The van der Waals surface area contributed by atoms with Gasteiger partial charge in [0.05, 0.1) is 21.3 Å². The van der Waals surface area contributed by atoms with Crippen LogP contribution in [0.2, 0.25) is 10.0 Å². The minimum Gasteiger partial charge on any atom is -0.465 e. The van der Waals surface area contributed by atoms with Gasteiger partial charge in [0.15, 0.2) is 11.3 Å². The fourth-order valence-electron chi connectivity index (χ4n) is 3.66. The quantitative estimate of drug-likeness (QED) is 0.221. The summed E-state index contributed by atoms with van der Waals surface area (Å²) in [4.78, 5) is 30.0. The zero-order valence-electron chi connectivity index (χ0n) is 18.1. The number of anilines is 2. The lowest BCUT2D eigenvalue weighted by atomic mass is 10.0. The lowest BCUT2D eigenvalue weighted by Crippen LogP contribution is -2.30. The van der Waals surface area contributed by atoms with Gasteiger partial charge in [-0.05, 0) is 36.8 Å². The number of aromatic nitrogens is 1. The van der Waals surface area contributed by atoms with E-state index in [0.717, 1.165) is 4.90 Å². The molecule has 36 heavy (non-hydrogen) atoms. The molecule has 0 saturated heterocycles. The molecule has 13 heteroatoms. The van der Waals surface area contributed by atoms with Gasteiger partial charge in [0, 0.05) is 41.3 Å². The van der Waals surface area contributed by atoms with Crippen molar-refractivity contribution in [2.75, 3.05) is 22.6 Å². The third kappa shape index (κ3) is 5.11. The van der Waals surface area contributed by atoms with Crippen molar-refractivity contribution in [1.29, 1.82) is 0 Å². The number of pyridine rings is 1. The Bertz CT molecular complexity index is 1440. The van der Waals surface area contributed by atoms with Crippen molar-refractivity contribution in [2.24, 2.45) is 0 Å². The number of nitrogens with zero attached hydrogens (tertiary/aromatic N) is 2. The van der Waals surface area contributed by atoms with Gasteiger partial charge in [-0.15, -0.1) is 11.6 Å². The van der Waals surface area contributed by atoms with Crippen molar-refractivity contribution in [3.8, 4) is 5.75 Å². The zero-order chi connectivity index (χ0) is 26.0. The smallest absolute Gasteiger partial charge is 0.411 e. The fraction of sp³-hybridized carbons (Fsp3) is 0.174. The predicted octanol–water partition coefficient (Wildman–Crippen LogP) is 7.25. The average molecular weight is 559 g/mol. The number of carboxylic acid groups (broad SMARTS) is 1. The van der Waals surface area contributed by atoms with E-state index in [1.807, 2.05) is 0 Å². The van der Waals surface area contributed by atoms with Gasteiger partial charge >= 0.3 is 12.7 Å². The second-order valence-electron chi connectivity index (χ2n) is 7.39. The zero-order valence-corrected chi connectivity index (χ0v) is 20.4. The van der Waals surface area contributed by atoms with Crippen LogP contribution >= 0.6 is 34.8 Å². The number of furan rings is 1. The number of halogens is 5. The van der Waals surface area contributed by atoms with Gasteiger partial charge in [0.1, 0.15) is 5.58 Å². The monoisotopic (exact) mass is 557 g/mol. The lowest BCUT2D eigenvalue weighted by molar-refractivity contribution is -0.0493. The van der Waals surface area contributed by atoms with Crippen molar-refractivity contribution in [3.63, 3.8) is 0 Å². The van der Waals surface area contributed by atoms with E-state index in [0.29, 0.717) is 11.8 Å². The Balaban J connectivity index is 1.90. The minimum atomic E-state index is -3.15. The molecular formula is C23H16Cl3F2N3O5. The van der Waals surface area contributed by atoms with Crippen molar-refractivity contribution in [3.05, 3.63) is 58.3 Å². The highest BCUT2D eigenvalue weighted by atomic mass is 35.5. The van der Waals surface area contributed by atoms with Crippen LogP contribution in [0.3, 0.4) is 0 Å². The number of fused-ring (bicyclic) bond motifs is 3. The summed E-state index contributed by atoms with van der Waals surface area (Å²) in [5.74, 6) is -0.727. The van der Waals surface area contributed by atoms with E-state index >= 15 is 0 Å². The van der Waals surface area contributed by atoms with E-state index in [9.17, 15) is 23.5 Å². The van der Waals surface area contributed by atoms with Crippen molar-refractivity contribution >= 4 is 80.1 Å². The first-order chi connectivity index (χ1) is 17.2. The highest BCUT2D eigenvalue weighted by molar-refractivity contribution is 6.40. The Morgan fingerprint density at radius 2 is 1.89 bits per heavy atom. The molecule has 2 heterocycles. The van der Waals surface area contributed by atoms with E-state index in [2.05, 4.69) is 15.0 Å². The predicted molar refractivity (Wildman–Crippen MR) is 133 cm³/mol. The number of carbonyl (C=O) groups excluding carboxylic acids is 1. The molecule has 0 bridgehead atoms. The summed E-state index contributed by atoms with van der Waals surface area (Å²) >= 11 is 17.9. The number of amides is 2. The van der Waals surface area contributed by atoms with Gasteiger partial charge in [-0.1, -0.05) is 23.2 Å². The molecule has 0 aliphatic carbocycles. The SMILES string of the molecule is O=C(Nc1c(Cl)cncc1Cl)c1ccc(OC(F)F)c2oc3ccc(N(CCCCl)C(=O)O)cc3c12. The van der Waals surface area contributed by atoms with Gasteiger partial charge < -0.3 is 19.6 Å². The molecule has 8 nitrogen and oxygen atoms in total. The van der Waals surface area contributed by atoms with Crippen molar-refractivity contribution in [1.82, 2.24) is 4.98 Å². The largest absolute Gasteiger partial charge is 0.465 e. The molecule has 0 saturated carbocycles. The maximum atomic E-state index is 13.3. The molecule has 0 spiro atoms. The summed E-state index contributed by atoms with van der Waals surface area (Å²) in [5.41, 5.74) is 0.495. The molecule has 2 amide bonds. The number of alkyl halides is 3. The van der Waals surface area contributed by atoms with Gasteiger partial charge in [-0.3, -0.25) is 14.7 Å². The molecule has 4 aromatic rings. The van der Waals surface area contributed by atoms with E-state index in [-0.39, 0.29) is 61.7 Å². The molecule has 0 fully saturated rings. The molecule has 188 valence electrons. The van der Waals surface area contributed by atoms with Crippen LogP contribution < -0.4 is 15.0 Å². The molecule has 4 rings (SSSR count). The molecule has 0 aliphatic rings. The molecule has 2 aromatic heterocycles. The van der Waals surface area contributed by atoms with Crippen LogP contribution in [0, 0.1) is 0 Å². The maximum Gasteiger partial charge on any atom is 0.411 e. The highest BCUT2D eigenvalue weighted by Gasteiger charge is 2.24. The van der Waals surface area contributed by atoms with Crippen molar-refractivity contribution < 1.29 is 32.6 Å². The van der Waals surface area contributed by atoms with Crippen LogP contribution in [0.25, 0.3) is 21.9 Å². The van der Waals surface area contributed by atoms with E-state index in [4.69, 9.17) is 39.2 Å². The molecule has 0 atom stereocenters. The second-order valence-corrected chi connectivity index (χ2v) is 8.58. The molecular weight excluding hydrogens is 543 g/mol. The number of ether oxygens (including phenoxy) is 1. The van der Waals surface area contributed by atoms with Crippen LogP contribution in [0.4, 0.5) is 25.0 Å². The number of hydrogen-bond acceptors (Lipinski definition) is 5. The number of hydrogen-bond donors (Lipinski definition) is 2. The van der Waals surface area contributed by atoms with Gasteiger partial charge in [-0.25, -0.2) is 4.79 Å². The summed E-state index contributed by atoms with van der Waals surface area (Å²) in [6, 6.07) is 6.91. The molecule has 2 aromatic carbocycles. The molecule has 0 unspecified atom stereocenters. The van der Waals surface area contributed by atoms with Crippen LogP contribution in [0.1, 0.15) is 16.8 Å². The third-order valence-electron chi connectivity index (χ3n) is 5.18. The Labute approximate surface area is 217 Å². The Morgan fingerprint density at radius 1 is 1.17 bits per heavy atom. The minimum absolute atomic E-state index is 0.0223. The molecule has 2 N–H and O–H groups in total. The van der Waals surface area contributed by atoms with Crippen LogP contribution in [-0.2, 0) is 0 Å². The summed E-state index contributed by atoms with van der Waals surface area (Å²) in [6.45, 7) is -3.03. The summed E-state index contributed by atoms with van der Waals surface area (Å²) in [6.07, 6.45) is 1.76. The van der Waals surface area contributed by atoms with Gasteiger partial charge in [-0.2, -0.15) is 8.78 Å². The van der Waals surface area contributed by atoms with E-state index in [1.165, 1.54) is 42.7 Å². The number of nitrogens with one attached hydrogen (secondary N) is 1. The first kappa shape index (κ1) is 25.7. The standard InChI is InChI=1S/C23H16Cl3F2N3O5/c24-6-1-7-31(23(33)34)11-2-4-16-13(8-11)18-12(3-5-17(20(18)35-16)36-22(27)28)21(32)30-19-14(25)9-29-10-15(19)26/h2-5,8-10,22H,1,6-7H2,(H,33,34)(H,29,30,32). The normalized spacial score (nSPS) is 11.3. The Kier molecular flexibility index (Phi) is 7.67. The fourth-order valence-corrected chi connectivity index (χ4v) is 4.23. The van der Waals surface area contributed by atoms with Crippen LogP contribution in [0.15, 0.2) is 47.1 Å². The average Bonchev–Trinajstić information content (AvgIpc) is 3.21. The summed E-state index contributed by atoms with van der Waals surface area (Å²) in [5, 5.41) is 12.8. The molecule has 0 radical (unpaired) electrons. The number of benzene rings is 2. The van der Waals surface area contributed by atoms with Gasteiger partial charge in [0.25, 0.3) is 5.91 Å². The summed E-state index contributed by atoms with van der Waals surface area (Å²) in [7, 11) is 0. The Morgan fingerprint density at radius 3 is 2.53 bits per heavy atom. The lowest BCUT2D eigenvalue weighted by Gasteiger charge is -2.18. The van der Waals surface area contributed by atoms with Crippen molar-refractivity contribution in [2.45, 2.75) is 13.0 Å². The van der Waals surface area contributed by atoms with Gasteiger partial charge in [0.2, 0.25) is 0 Å². The van der Waals surface area contributed by atoms with E-state index < -0.39 is 18.6 Å². The van der Waals surface area contributed by atoms with Crippen LogP contribution in [0.5, 0.6) is 5.75 Å². The second kappa shape index (κ2) is 10.7. The number of rotatable bonds is 8. The maximum absolute atomic E-state index is 13.3. The molecule has 0 aliphatic heterocycles. The van der Waals surface area contributed by atoms with Crippen LogP contribution in [-0.4, -0.2) is 41.1 Å². The highest BCUT2D eigenvalue weighted by Crippen LogP contribution is 2.40. The van der Waals surface area contributed by atoms with E-state index in [1.54, 1.807) is 0 Å². The summed E-state index contributed by atoms with van der Waals surface area (Å²) < 4.78 is 36.5. The first-order valence-electron chi connectivity index (χ1n) is 10.3. The topological polar surface area (TPSA) is 105 Å². The third-order valence-corrected chi connectivity index (χ3v) is 6.02.